The van der Waals surface area contributed by atoms with Crippen molar-refractivity contribution >= 4 is 5.97 Å². The van der Waals surface area contributed by atoms with Gasteiger partial charge < -0.3 is 14.2 Å². The minimum atomic E-state index is -0.508. The molecule has 20 heavy (non-hydrogen) atoms. The fourth-order valence-corrected chi connectivity index (χ4v) is 1.66. The lowest BCUT2D eigenvalue weighted by atomic mass is 9.97. The monoisotopic (exact) mass is 280 g/mol. The summed E-state index contributed by atoms with van der Waals surface area (Å²) in [7, 11) is 3.34. The van der Waals surface area contributed by atoms with Crippen LogP contribution >= 0.6 is 0 Å². The van der Waals surface area contributed by atoms with Crippen molar-refractivity contribution in [2.75, 3.05) is 20.8 Å². The van der Waals surface area contributed by atoms with E-state index in [1.54, 1.807) is 26.4 Å². The summed E-state index contributed by atoms with van der Waals surface area (Å²) in [6, 6.07) is 7.40. The first-order chi connectivity index (χ1) is 9.38. The summed E-state index contributed by atoms with van der Waals surface area (Å²) >= 11 is 0. The van der Waals surface area contributed by atoms with E-state index in [9.17, 15) is 4.79 Å². The van der Waals surface area contributed by atoms with Gasteiger partial charge >= 0.3 is 5.97 Å². The van der Waals surface area contributed by atoms with Crippen LogP contribution in [-0.2, 0) is 14.3 Å². The number of carbonyl (C=O) groups is 1. The highest BCUT2D eigenvalue weighted by Gasteiger charge is 2.23. The summed E-state index contributed by atoms with van der Waals surface area (Å²) in [6.07, 6.45) is 0.774. The highest BCUT2D eigenvalue weighted by molar-refractivity contribution is 5.77. The molecule has 0 heterocycles. The number of esters is 1. The Morgan fingerprint density at radius 3 is 2.20 bits per heavy atom. The minimum absolute atomic E-state index is 0.0117. The molecule has 1 aromatic carbocycles. The maximum Gasteiger partial charge on any atom is 0.316 e. The Morgan fingerprint density at radius 1 is 1.15 bits per heavy atom. The quantitative estimate of drug-likeness (QED) is 0.592. The highest BCUT2D eigenvalue weighted by Crippen LogP contribution is 2.24. The predicted octanol–water partition coefficient (Wildman–Crippen LogP) is 3.36. The van der Waals surface area contributed by atoms with E-state index >= 15 is 0 Å². The lowest BCUT2D eigenvalue weighted by Crippen LogP contribution is -2.25. The lowest BCUT2D eigenvalue weighted by Gasteiger charge is -2.18. The van der Waals surface area contributed by atoms with E-state index in [1.165, 1.54) is 0 Å². The molecule has 0 aliphatic rings. The number of rotatable bonds is 6. The van der Waals surface area contributed by atoms with E-state index < -0.39 is 5.41 Å². The van der Waals surface area contributed by atoms with Crippen LogP contribution < -0.4 is 4.74 Å². The van der Waals surface area contributed by atoms with Crippen LogP contribution in [0.2, 0.25) is 0 Å². The van der Waals surface area contributed by atoms with Crippen LogP contribution in [0.25, 0.3) is 0 Å². The Kier molecular flexibility index (Phi) is 6.17. The molecule has 0 saturated carbocycles. The van der Waals surface area contributed by atoms with Crippen molar-refractivity contribution in [3.8, 4) is 5.75 Å². The van der Waals surface area contributed by atoms with Crippen LogP contribution in [0.5, 0.6) is 5.75 Å². The number of hydrogen-bond donors (Lipinski definition) is 0. The summed E-state index contributed by atoms with van der Waals surface area (Å²) in [5.41, 5.74) is 0.534. The molecule has 0 amide bonds. The molecule has 0 aromatic heterocycles. The number of benzene rings is 1. The zero-order valence-corrected chi connectivity index (χ0v) is 12.9. The SMILES string of the molecule is COCCC(OC)c1ccc(OC(=O)C(C)(C)C)cc1. The third-order valence-electron chi connectivity index (χ3n) is 2.94. The Hall–Kier alpha value is -1.39. The van der Waals surface area contributed by atoms with Gasteiger partial charge in [0.05, 0.1) is 11.5 Å². The van der Waals surface area contributed by atoms with E-state index in [0.717, 1.165) is 12.0 Å². The molecule has 1 unspecified atom stereocenters. The standard InChI is InChI=1S/C16H24O4/c1-16(2,3)15(17)20-13-8-6-12(7-9-13)14(19-5)10-11-18-4/h6-9,14H,10-11H2,1-5H3. The molecule has 1 atom stereocenters. The highest BCUT2D eigenvalue weighted by atomic mass is 16.5. The van der Waals surface area contributed by atoms with Crippen LogP contribution in [0.15, 0.2) is 24.3 Å². The Balaban J connectivity index is 2.70. The summed E-state index contributed by atoms with van der Waals surface area (Å²) < 4.78 is 15.8. The van der Waals surface area contributed by atoms with Gasteiger partial charge in [0.2, 0.25) is 0 Å². The van der Waals surface area contributed by atoms with Crippen molar-refractivity contribution in [2.45, 2.75) is 33.3 Å². The third kappa shape index (κ3) is 4.94. The molecule has 0 N–H and O–H groups in total. The minimum Gasteiger partial charge on any atom is -0.426 e. The van der Waals surface area contributed by atoms with Crippen LogP contribution in [0.1, 0.15) is 38.9 Å². The second kappa shape index (κ2) is 7.41. The average Bonchev–Trinajstić information content (AvgIpc) is 2.40. The van der Waals surface area contributed by atoms with Crippen molar-refractivity contribution in [1.29, 1.82) is 0 Å². The molecule has 0 aliphatic heterocycles. The van der Waals surface area contributed by atoms with Crippen molar-refractivity contribution in [2.24, 2.45) is 5.41 Å². The number of hydrogen-bond acceptors (Lipinski definition) is 4. The van der Waals surface area contributed by atoms with Gasteiger partial charge in [0.1, 0.15) is 5.75 Å². The topological polar surface area (TPSA) is 44.8 Å². The van der Waals surface area contributed by atoms with Gasteiger partial charge in [-0.2, -0.15) is 0 Å². The first kappa shape index (κ1) is 16.7. The Morgan fingerprint density at radius 2 is 1.75 bits per heavy atom. The second-order valence-electron chi connectivity index (χ2n) is 5.71. The number of methoxy groups -OCH3 is 2. The van der Waals surface area contributed by atoms with Gasteiger partial charge in [-0.15, -0.1) is 0 Å². The van der Waals surface area contributed by atoms with Crippen molar-refractivity contribution in [3.05, 3.63) is 29.8 Å². The van der Waals surface area contributed by atoms with Gasteiger partial charge in [-0.05, 0) is 38.5 Å². The molecule has 0 fully saturated rings. The molecule has 4 nitrogen and oxygen atoms in total. The fourth-order valence-electron chi connectivity index (χ4n) is 1.66. The summed E-state index contributed by atoms with van der Waals surface area (Å²) in [5, 5.41) is 0. The molecule has 1 rings (SSSR count). The summed E-state index contributed by atoms with van der Waals surface area (Å²) in [6.45, 7) is 6.12. The van der Waals surface area contributed by atoms with Crippen LogP contribution in [0.3, 0.4) is 0 Å². The van der Waals surface area contributed by atoms with Crippen LogP contribution in [0, 0.1) is 5.41 Å². The van der Waals surface area contributed by atoms with Crippen LogP contribution in [0.4, 0.5) is 0 Å². The zero-order chi connectivity index (χ0) is 15.2. The first-order valence-corrected chi connectivity index (χ1v) is 6.72. The second-order valence-corrected chi connectivity index (χ2v) is 5.71. The molecule has 0 aliphatic carbocycles. The smallest absolute Gasteiger partial charge is 0.316 e. The molecular formula is C16H24O4. The van der Waals surface area contributed by atoms with Crippen molar-refractivity contribution in [1.82, 2.24) is 0 Å². The molecule has 0 radical (unpaired) electrons. The van der Waals surface area contributed by atoms with E-state index in [4.69, 9.17) is 14.2 Å². The summed E-state index contributed by atoms with van der Waals surface area (Å²) in [4.78, 5) is 11.8. The average molecular weight is 280 g/mol. The molecule has 4 heteroatoms. The van der Waals surface area contributed by atoms with Crippen molar-refractivity contribution < 1.29 is 19.0 Å². The zero-order valence-electron chi connectivity index (χ0n) is 12.9. The normalized spacial score (nSPS) is 13.1. The van der Waals surface area contributed by atoms with E-state index in [-0.39, 0.29) is 12.1 Å². The lowest BCUT2D eigenvalue weighted by molar-refractivity contribution is -0.142. The summed E-state index contributed by atoms with van der Waals surface area (Å²) in [5.74, 6) is 0.309. The fraction of sp³-hybridized carbons (Fsp3) is 0.562. The van der Waals surface area contributed by atoms with E-state index in [1.807, 2.05) is 32.9 Å². The Bertz CT molecular complexity index is 417. The van der Waals surface area contributed by atoms with Gasteiger partial charge in [0.15, 0.2) is 0 Å². The molecule has 112 valence electrons. The van der Waals surface area contributed by atoms with Crippen LogP contribution in [-0.4, -0.2) is 26.8 Å². The molecule has 1 aromatic rings. The predicted molar refractivity (Wildman–Crippen MR) is 77.8 cm³/mol. The first-order valence-electron chi connectivity index (χ1n) is 6.72. The van der Waals surface area contributed by atoms with Gasteiger partial charge in [-0.3, -0.25) is 4.79 Å². The van der Waals surface area contributed by atoms with E-state index in [0.29, 0.717) is 12.4 Å². The van der Waals surface area contributed by atoms with Gasteiger partial charge in [0.25, 0.3) is 0 Å². The van der Waals surface area contributed by atoms with Gasteiger partial charge in [0, 0.05) is 27.2 Å². The molecule has 0 spiro atoms. The molecular weight excluding hydrogens is 256 g/mol. The maximum atomic E-state index is 11.8. The number of carbonyl (C=O) groups excluding carboxylic acids is 1. The van der Waals surface area contributed by atoms with Crippen molar-refractivity contribution in [3.63, 3.8) is 0 Å². The molecule has 0 saturated heterocycles. The largest absolute Gasteiger partial charge is 0.426 e. The third-order valence-corrected chi connectivity index (χ3v) is 2.94. The number of ether oxygens (including phenoxy) is 3. The maximum absolute atomic E-state index is 11.8. The molecule has 0 bridgehead atoms. The van der Waals surface area contributed by atoms with E-state index in [2.05, 4.69) is 0 Å². The van der Waals surface area contributed by atoms with Gasteiger partial charge in [-0.1, -0.05) is 12.1 Å². The Labute approximate surface area is 121 Å². The van der Waals surface area contributed by atoms with Gasteiger partial charge in [-0.25, -0.2) is 0 Å².